The summed E-state index contributed by atoms with van der Waals surface area (Å²) in [7, 11) is 0. The fraction of sp³-hybridized carbons (Fsp3) is 0.450. The summed E-state index contributed by atoms with van der Waals surface area (Å²) in [6.07, 6.45) is 6.84. The normalized spacial score (nSPS) is 14.8. The maximum atomic E-state index is 12.4. The van der Waals surface area contributed by atoms with E-state index in [2.05, 4.69) is 20.6 Å². The van der Waals surface area contributed by atoms with Crippen LogP contribution in [0.3, 0.4) is 0 Å². The molecule has 138 valence electrons. The zero-order chi connectivity index (χ0) is 18.4. The molecule has 0 bridgehead atoms. The minimum absolute atomic E-state index is 0.177. The summed E-state index contributed by atoms with van der Waals surface area (Å²) in [5, 5.41) is 7.09. The van der Waals surface area contributed by atoms with E-state index in [0.29, 0.717) is 29.1 Å². The third-order valence-corrected chi connectivity index (χ3v) is 4.85. The van der Waals surface area contributed by atoms with Gasteiger partial charge in [-0.05, 0) is 43.9 Å². The summed E-state index contributed by atoms with van der Waals surface area (Å²) >= 11 is 5.99. The Morgan fingerprint density at radius 3 is 2.77 bits per heavy atom. The lowest BCUT2D eigenvalue weighted by molar-refractivity contribution is 0.0949. The van der Waals surface area contributed by atoms with E-state index in [9.17, 15) is 4.79 Å². The van der Waals surface area contributed by atoms with Gasteiger partial charge in [-0.2, -0.15) is 0 Å². The van der Waals surface area contributed by atoms with Gasteiger partial charge in [-0.25, -0.2) is 9.97 Å². The number of aromatic nitrogens is 2. The van der Waals surface area contributed by atoms with Crippen molar-refractivity contribution in [3.8, 4) is 0 Å². The third-order valence-electron chi connectivity index (χ3n) is 4.62. The molecule has 1 amide bonds. The van der Waals surface area contributed by atoms with Gasteiger partial charge in [0.15, 0.2) is 0 Å². The summed E-state index contributed by atoms with van der Waals surface area (Å²) in [6, 6.07) is 9.85. The maximum Gasteiger partial charge on any atom is 0.270 e. The van der Waals surface area contributed by atoms with Crippen LogP contribution in [0.2, 0.25) is 5.02 Å². The van der Waals surface area contributed by atoms with Gasteiger partial charge in [0.2, 0.25) is 0 Å². The maximum absolute atomic E-state index is 12.4. The van der Waals surface area contributed by atoms with Gasteiger partial charge >= 0.3 is 0 Å². The monoisotopic (exact) mass is 372 g/mol. The highest BCUT2D eigenvalue weighted by atomic mass is 35.5. The van der Waals surface area contributed by atoms with Gasteiger partial charge in [-0.3, -0.25) is 4.79 Å². The lowest BCUT2D eigenvalue weighted by Gasteiger charge is -2.23. The molecule has 2 N–H and O–H groups in total. The second-order valence-corrected chi connectivity index (χ2v) is 7.24. The quantitative estimate of drug-likeness (QED) is 0.799. The van der Waals surface area contributed by atoms with Crippen molar-refractivity contribution >= 4 is 23.3 Å². The van der Waals surface area contributed by atoms with Crippen molar-refractivity contribution in [1.82, 2.24) is 15.3 Å². The Morgan fingerprint density at radius 2 is 2.00 bits per heavy atom. The van der Waals surface area contributed by atoms with E-state index in [4.69, 9.17) is 11.6 Å². The molecule has 1 aliphatic carbocycles. The highest BCUT2D eigenvalue weighted by molar-refractivity contribution is 6.30. The van der Waals surface area contributed by atoms with Crippen molar-refractivity contribution < 1.29 is 4.79 Å². The minimum atomic E-state index is -0.177. The largest absolute Gasteiger partial charge is 0.367 e. The van der Waals surface area contributed by atoms with E-state index in [1.54, 1.807) is 6.07 Å². The smallest absolute Gasteiger partial charge is 0.270 e. The van der Waals surface area contributed by atoms with E-state index in [1.807, 2.05) is 31.2 Å². The molecule has 1 fully saturated rings. The average Bonchev–Trinajstić information content (AvgIpc) is 2.62. The summed E-state index contributed by atoms with van der Waals surface area (Å²) in [5.41, 5.74) is 1.50. The van der Waals surface area contributed by atoms with E-state index in [-0.39, 0.29) is 5.91 Å². The summed E-state index contributed by atoms with van der Waals surface area (Å²) in [6.45, 7) is 2.35. The second-order valence-electron chi connectivity index (χ2n) is 6.80. The molecule has 6 heteroatoms. The van der Waals surface area contributed by atoms with Crippen LogP contribution in [-0.2, 0) is 6.42 Å². The van der Waals surface area contributed by atoms with Crippen molar-refractivity contribution in [2.75, 3.05) is 11.9 Å². The molecule has 0 aliphatic heterocycles. The number of anilines is 1. The third kappa shape index (κ3) is 5.43. The zero-order valence-electron chi connectivity index (χ0n) is 15.1. The lowest BCUT2D eigenvalue weighted by Crippen LogP contribution is -2.28. The van der Waals surface area contributed by atoms with Crippen molar-refractivity contribution in [1.29, 1.82) is 0 Å². The first-order valence-electron chi connectivity index (χ1n) is 9.25. The Kier molecular flexibility index (Phi) is 6.45. The topological polar surface area (TPSA) is 66.9 Å². The molecule has 0 saturated heterocycles. The highest BCUT2D eigenvalue weighted by Gasteiger charge is 2.16. The predicted octanol–water partition coefficient (Wildman–Crippen LogP) is 4.16. The van der Waals surface area contributed by atoms with Crippen LogP contribution in [0.25, 0.3) is 0 Å². The first-order valence-corrected chi connectivity index (χ1v) is 9.63. The number of hydrogen-bond acceptors (Lipinski definition) is 4. The number of nitrogens with one attached hydrogen (secondary N) is 2. The fourth-order valence-electron chi connectivity index (χ4n) is 3.32. The van der Waals surface area contributed by atoms with Gasteiger partial charge < -0.3 is 10.6 Å². The van der Waals surface area contributed by atoms with Crippen LogP contribution in [-0.4, -0.2) is 28.5 Å². The van der Waals surface area contributed by atoms with Crippen molar-refractivity contribution in [2.24, 2.45) is 0 Å². The standard InChI is InChI=1S/C20H25ClN4O/c1-14-23-18(13-19(24-14)25-17-8-3-2-4-9-17)20(26)22-11-10-15-6-5-7-16(21)12-15/h5-7,12-13,17H,2-4,8-11H2,1H3,(H,22,26)(H,23,24,25). The number of carbonyl (C=O) groups excluding carboxylic acids is 1. The van der Waals surface area contributed by atoms with E-state index in [1.165, 1.54) is 19.3 Å². The molecule has 0 radical (unpaired) electrons. The van der Waals surface area contributed by atoms with Crippen LogP contribution in [0, 0.1) is 6.92 Å². The number of hydrogen-bond donors (Lipinski definition) is 2. The first-order chi connectivity index (χ1) is 12.6. The van der Waals surface area contributed by atoms with Gasteiger partial charge in [-0.1, -0.05) is 43.0 Å². The summed E-state index contributed by atoms with van der Waals surface area (Å²) < 4.78 is 0. The summed E-state index contributed by atoms with van der Waals surface area (Å²) in [5.74, 6) is 1.17. The van der Waals surface area contributed by atoms with Gasteiger partial charge in [0, 0.05) is 23.7 Å². The molecule has 26 heavy (non-hydrogen) atoms. The summed E-state index contributed by atoms with van der Waals surface area (Å²) in [4.78, 5) is 21.2. The van der Waals surface area contributed by atoms with E-state index in [0.717, 1.165) is 30.6 Å². The Labute approximate surface area is 159 Å². The van der Waals surface area contributed by atoms with Crippen LogP contribution < -0.4 is 10.6 Å². The van der Waals surface area contributed by atoms with Crippen LogP contribution in [0.5, 0.6) is 0 Å². The number of benzene rings is 1. The Hall–Kier alpha value is -2.14. The molecule has 1 saturated carbocycles. The number of nitrogens with zero attached hydrogens (tertiary/aromatic N) is 2. The van der Waals surface area contributed by atoms with E-state index < -0.39 is 0 Å². The van der Waals surface area contributed by atoms with Crippen LogP contribution in [0.1, 0.15) is 54.0 Å². The van der Waals surface area contributed by atoms with E-state index >= 15 is 0 Å². The van der Waals surface area contributed by atoms with Gasteiger partial charge in [0.05, 0.1) is 0 Å². The van der Waals surface area contributed by atoms with Gasteiger partial charge in [-0.15, -0.1) is 0 Å². The van der Waals surface area contributed by atoms with Crippen LogP contribution >= 0.6 is 11.6 Å². The SMILES string of the molecule is Cc1nc(NC2CCCCC2)cc(C(=O)NCCc2cccc(Cl)c2)n1. The minimum Gasteiger partial charge on any atom is -0.367 e. The molecule has 3 rings (SSSR count). The number of amides is 1. The molecule has 5 nitrogen and oxygen atoms in total. The molecular weight excluding hydrogens is 348 g/mol. The van der Waals surface area contributed by atoms with Crippen LogP contribution in [0.4, 0.5) is 5.82 Å². The number of rotatable bonds is 6. The first kappa shape index (κ1) is 18.6. The number of halogens is 1. The van der Waals surface area contributed by atoms with Crippen molar-refractivity contribution in [3.63, 3.8) is 0 Å². The molecule has 0 unspecified atom stereocenters. The van der Waals surface area contributed by atoms with Crippen molar-refractivity contribution in [2.45, 2.75) is 51.5 Å². The molecule has 2 aromatic rings. The second kappa shape index (κ2) is 8.99. The Balaban J connectivity index is 1.57. The Morgan fingerprint density at radius 1 is 1.19 bits per heavy atom. The van der Waals surface area contributed by atoms with Crippen LogP contribution in [0.15, 0.2) is 30.3 Å². The lowest BCUT2D eigenvalue weighted by atomic mass is 9.95. The zero-order valence-corrected chi connectivity index (χ0v) is 15.9. The molecule has 1 heterocycles. The molecule has 1 aliphatic rings. The Bertz CT molecular complexity index is 759. The number of carbonyl (C=O) groups is 1. The van der Waals surface area contributed by atoms with Gasteiger partial charge in [0.25, 0.3) is 5.91 Å². The highest BCUT2D eigenvalue weighted by Crippen LogP contribution is 2.21. The predicted molar refractivity (Wildman–Crippen MR) is 105 cm³/mol. The average molecular weight is 373 g/mol. The number of aryl methyl sites for hydroxylation is 1. The van der Waals surface area contributed by atoms with Gasteiger partial charge in [0.1, 0.15) is 17.3 Å². The molecular formula is C20H25ClN4O. The molecule has 1 aromatic carbocycles. The molecule has 0 atom stereocenters. The van der Waals surface area contributed by atoms with Crippen molar-refractivity contribution in [3.05, 3.63) is 52.4 Å². The molecule has 0 spiro atoms. The molecule has 1 aromatic heterocycles. The fourth-order valence-corrected chi connectivity index (χ4v) is 3.53.